The Morgan fingerprint density at radius 3 is 3.05 bits per heavy atom. The van der Waals surface area contributed by atoms with Gasteiger partial charge in [0.2, 0.25) is 0 Å². The second-order valence-corrected chi connectivity index (χ2v) is 6.05. The van der Waals surface area contributed by atoms with Crippen molar-refractivity contribution in [3.8, 4) is 0 Å². The van der Waals surface area contributed by atoms with Gasteiger partial charge in [-0.05, 0) is 33.1 Å². The lowest BCUT2D eigenvalue weighted by Crippen LogP contribution is -2.40. The SMILES string of the molecule is CCCCn1ccnc1C1CCCN(C(=O)OC(C)C)C1. The van der Waals surface area contributed by atoms with Gasteiger partial charge >= 0.3 is 6.09 Å². The minimum absolute atomic E-state index is 0.0654. The molecule has 1 aromatic rings. The molecule has 0 N–H and O–H groups in total. The number of piperidine rings is 1. The van der Waals surface area contributed by atoms with Crippen molar-refractivity contribution in [1.29, 1.82) is 0 Å². The summed E-state index contributed by atoms with van der Waals surface area (Å²) in [5, 5.41) is 0. The number of nitrogens with zero attached hydrogens (tertiary/aromatic N) is 3. The fraction of sp³-hybridized carbons (Fsp3) is 0.750. The fourth-order valence-electron chi connectivity index (χ4n) is 2.83. The van der Waals surface area contributed by atoms with E-state index in [0.717, 1.165) is 38.2 Å². The fourth-order valence-corrected chi connectivity index (χ4v) is 2.83. The average Bonchev–Trinajstić information content (AvgIpc) is 2.93. The lowest BCUT2D eigenvalue weighted by Gasteiger charge is -2.32. The smallest absolute Gasteiger partial charge is 0.410 e. The molecule has 21 heavy (non-hydrogen) atoms. The topological polar surface area (TPSA) is 47.4 Å². The van der Waals surface area contributed by atoms with Crippen LogP contribution in [0.15, 0.2) is 12.4 Å². The highest BCUT2D eigenvalue weighted by Gasteiger charge is 2.28. The zero-order valence-electron chi connectivity index (χ0n) is 13.4. The van der Waals surface area contributed by atoms with E-state index in [0.29, 0.717) is 12.5 Å². The van der Waals surface area contributed by atoms with Gasteiger partial charge in [-0.25, -0.2) is 9.78 Å². The second-order valence-electron chi connectivity index (χ2n) is 6.05. The van der Waals surface area contributed by atoms with Gasteiger partial charge in [-0.15, -0.1) is 0 Å². The monoisotopic (exact) mass is 293 g/mol. The second kappa shape index (κ2) is 7.48. The van der Waals surface area contributed by atoms with E-state index in [-0.39, 0.29) is 12.2 Å². The van der Waals surface area contributed by atoms with Crippen molar-refractivity contribution in [2.24, 2.45) is 0 Å². The van der Waals surface area contributed by atoms with Crippen molar-refractivity contribution in [3.63, 3.8) is 0 Å². The Labute approximate surface area is 127 Å². The molecule has 118 valence electrons. The Kier molecular flexibility index (Phi) is 5.65. The first-order valence-electron chi connectivity index (χ1n) is 8.08. The van der Waals surface area contributed by atoms with E-state index < -0.39 is 0 Å². The van der Waals surface area contributed by atoms with Crippen molar-refractivity contribution < 1.29 is 9.53 Å². The highest BCUT2D eigenvalue weighted by atomic mass is 16.6. The summed E-state index contributed by atoms with van der Waals surface area (Å²) in [6.45, 7) is 8.49. The minimum Gasteiger partial charge on any atom is -0.447 e. The first-order chi connectivity index (χ1) is 10.1. The Balaban J connectivity index is 2.00. The van der Waals surface area contributed by atoms with Crippen molar-refractivity contribution in [3.05, 3.63) is 18.2 Å². The molecule has 5 nitrogen and oxygen atoms in total. The number of aromatic nitrogens is 2. The molecule has 1 saturated heterocycles. The molecule has 1 atom stereocenters. The van der Waals surface area contributed by atoms with E-state index in [9.17, 15) is 4.79 Å². The summed E-state index contributed by atoms with van der Waals surface area (Å²) in [6.07, 6.45) is 8.11. The van der Waals surface area contributed by atoms with Crippen molar-refractivity contribution >= 4 is 6.09 Å². The number of likely N-dealkylation sites (tertiary alicyclic amines) is 1. The molecule has 5 heteroatoms. The molecule has 1 aliphatic rings. The van der Waals surface area contributed by atoms with Gasteiger partial charge in [-0.2, -0.15) is 0 Å². The third-order valence-electron chi connectivity index (χ3n) is 3.88. The maximum absolute atomic E-state index is 12.1. The quantitative estimate of drug-likeness (QED) is 0.836. The molecule has 0 aromatic carbocycles. The summed E-state index contributed by atoms with van der Waals surface area (Å²) >= 11 is 0. The molecule has 2 heterocycles. The van der Waals surface area contributed by atoms with E-state index in [1.807, 2.05) is 24.9 Å². The minimum atomic E-state index is -0.193. The van der Waals surface area contributed by atoms with Gasteiger partial charge in [0.15, 0.2) is 0 Å². The molecule has 1 amide bonds. The molecular formula is C16H27N3O2. The van der Waals surface area contributed by atoms with E-state index in [2.05, 4.69) is 22.7 Å². The van der Waals surface area contributed by atoms with Gasteiger partial charge in [0.25, 0.3) is 0 Å². The molecule has 2 rings (SSSR count). The summed E-state index contributed by atoms with van der Waals surface area (Å²) in [4.78, 5) is 18.4. The van der Waals surface area contributed by atoms with Crippen LogP contribution < -0.4 is 0 Å². The molecule has 0 saturated carbocycles. The van der Waals surface area contributed by atoms with Crippen molar-refractivity contribution in [1.82, 2.24) is 14.5 Å². The Bertz CT molecular complexity index is 456. The number of ether oxygens (including phenoxy) is 1. The van der Waals surface area contributed by atoms with Crippen LogP contribution in [-0.4, -0.2) is 39.7 Å². The van der Waals surface area contributed by atoms with Gasteiger partial charge in [0, 0.05) is 37.9 Å². The number of aryl methyl sites for hydroxylation is 1. The molecule has 0 aliphatic carbocycles. The standard InChI is InChI=1S/C16H27N3O2/c1-4-5-9-18-11-8-17-15(18)14-7-6-10-19(12-14)16(20)21-13(2)3/h8,11,13-14H,4-7,9-10,12H2,1-3H3. The molecule has 1 aromatic heterocycles. The van der Waals surface area contributed by atoms with Crippen LogP contribution >= 0.6 is 0 Å². The number of hydrogen-bond donors (Lipinski definition) is 0. The Morgan fingerprint density at radius 1 is 1.52 bits per heavy atom. The van der Waals surface area contributed by atoms with Gasteiger partial charge in [-0.3, -0.25) is 0 Å². The molecule has 0 bridgehead atoms. The number of imidazole rings is 1. The number of carbonyl (C=O) groups is 1. The van der Waals surface area contributed by atoms with Crippen molar-refractivity contribution in [2.45, 2.75) is 65.0 Å². The maximum atomic E-state index is 12.1. The highest BCUT2D eigenvalue weighted by Crippen LogP contribution is 2.26. The number of hydrogen-bond acceptors (Lipinski definition) is 3. The molecule has 0 radical (unpaired) electrons. The zero-order chi connectivity index (χ0) is 15.2. The summed E-state index contributed by atoms with van der Waals surface area (Å²) in [7, 11) is 0. The largest absolute Gasteiger partial charge is 0.447 e. The zero-order valence-corrected chi connectivity index (χ0v) is 13.4. The first-order valence-corrected chi connectivity index (χ1v) is 8.08. The average molecular weight is 293 g/mol. The summed E-state index contributed by atoms with van der Waals surface area (Å²) in [6, 6.07) is 0. The molecule has 1 unspecified atom stereocenters. The van der Waals surface area contributed by atoms with Crippen LogP contribution in [0, 0.1) is 0 Å². The van der Waals surface area contributed by atoms with Crippen LogP contribution in [0.25, 0.3) is 0 Å². The molecule has 0 spiro atoms. The van der Waals surface area contributed by atoms with Crippen LogP contribution in [0.2, 0.25) is 0 Å². The third kappa shape index (κ3) is 4.22. The van der Waals surface area contributed by atoms with Crippen LogP contribution in [-0.2, 0) is 11.3 Å². The van der Waals surface area contributed by atoms with E-state index in [1.165, 1.54) is 6.42 Å². The van der Waals surface area contributed by atoms with Gasteiger partial charge in [0.05, 0.1) is 6.10 Å². The Hall–Kier alpha value is -1.52. The predicted octanol–water partition coefficient (Wildman–Crippen LogP) is 3.41. The number of rotatable bonds is 5. The van der Waals surface area contributed by atoms with Gasteiger partial charge in [0.1, 0.15) is 5.82 Å². The van der Waals surface area contributed by atoms with Gasteiger partial charge in [-0.1, -0.05) is 13.3 Å². The Morgan fingerprint density at radius 2 is 2.33 bits per heavy atom. The maximum Gasteiger partial charge on any atom is 0.410 e. The van der Waals surface area contributed by atoms with E-state index in [4.69, 9.17) is 4.74 Å². The normalized spacial score (nSPS) is 19.0. The summed E-state index contributed by atoms with van der Waals surface area (Å²) in [5.41, 5.74) is 0. The first kappa shape index (κ1) is 15.9. The number of unbranched alkanes of at least 4 members (excludes halogenated alkanes) is 1. The molecular weight excluding hydrogens is 266 g/mol. The number of carbonyl (C=O) groups excluding carboxylic acids is 1. The molecule has 1 fully saturated rings. The van der Waals surface area contributed by atoms with Crippen LogP contribution in [0.1, 0.15) is 58.2 Å². The summed E-state index contributed by atoms with van der Waals surface area (Å²) in [5.74, 6) is 1.44. The van der Waals surface area contributed by atoms with Crippen LogP contribution in [0.3, 0.4) is 0 Å². The highest BCUT2D eigenvalue weighted by molar-refractivity contribution is 5.68. The lowest BCUT2D eigenvalue weighted by atomic mass is 9.97. The van der Waals surface area contributed by atoms with Gasteiger partial charge < -0.3 is 14.2 Å². The van der Waals surface area contributed by atoms with E-state index >= 15 is 0 Å². The summed E-state index contributed by atoms with van der Waals surface area (Å²) < 4.78 is 7.55. The lowest BCUT2D eigenvalue weighted by molar-refractivity contribution is 0.0675. The third-order valence-corrected chi connectivity index (χ3v) is 3.88. The number of amides is 1. The van der Waals surface area contributed by atoms with Crippen LogP contribution in [0.5, 0.6) is 0 Å². The van der Waals surface area contributed by atoms with Crippen LogP contribution in [0.4, 0.5) is 4.79 Å². The molecule has 1 aliphatic heterocycles. The van der Waals surface area contributed by atoms with Crippen molar-refractivity contribution in [2.75, 3.05) is 13.1 Å². The van der Waals surface area contributed by atoms with E-state index in [1.54, 1.807) is 0 Å². The predicted molar refractivity (Wildman–Crippen MR) is 82.3 cm³/mol.